The second-order valence-electron chi connectivity index (χ2n) is 5.17. The van der Waals surface area contributed by atoms with E-state index < -0.39 is 0 Å². The number of methoxy groups -OCH3 is 1. The van der Waals surface area contributed by atoms with Gasteiger partial charge in [0.25, 0.3) is 0 Å². The summed E-state index contributed by atoms with van der Waals surface area (Å²) in [7, 11) is 3.77. The molecule has 2 unspecified atom stereocenters. The third-order valence-corrected chi connectivity index (χ3v) is 3.52. The lowest BCUT2D eigenvalue weighted by molar-refractivity contribution is 0.396. The Hall–Kier alpha value is -1.02. The maximum atomic E-state index is 5.18. The zero-order chi connectivity index (χ0) is 13.4. The number of likely N-dealkylation sites (N-methyl/N-ethyl adjacent to an activating group) is 1. The number of hydrogen-bond donors (Lipinski definition) is 1. The normalized spacial score (nSPS) is 14.2. The standard InChI is InChI=1S/C16H27NO/c1-5-6-13(2)11-15(17-3)12-14-7-9-16(18-4)10-8-14/h7-10,13,15,17H,5-6,11-12H2,1-4H3. The molecule has 1 N–H and O–H groups in total. The third-order valence-electron chi connectivity index (χ3n) is 3.52. The lowest BCUT2D eigenvalue weighted by Gasteiger charge is -2.20. The smallest absolute Gasteiger partial charge is 0.118 e. The highest BCUT2D eigenvalue weighted by atomic mass is 16.5. The summed E-state index contributed by atoms with van der Waals surface area (Å²) in [6.45, 7) is 4.61. The van der Waals surface area contributed by atoms with Crippen molar-refractivity contribution in [3.05, 3.63) is 29.8 Å². The Bertz CT molecular complexity index is 320. The van der Waals surface area contributed by atoms with Crippen molar-refractivity contribution < 1.29 is 4.74 Å². The molecular weight excluding hydrogens is 222 g/mol. The van der Waals surface area contributed by atoms with Crippen LogP contribution in [0, 0.1) is 5.92 Å². The molecule has 0 bridgehead atoms. The van der Waals surface area contributed by atoms with Gasteiger partial charge in [-0.2, -0.15) is 0 Å². The Balaban J connectivity index is 2.50. The molecule has 2 heteroatoms. The Morgan fingerprint density at radius 2 is 1.89 bits per heavy atom. The van der Waals surface area contributed by atoms with Gasteiger partial charge in [-0.15, -0.1) is 0 Å². The predicted molar refractivity (Wildman–Crippen MR) is 78.2 cm³/mol. The zero-order valence-electron chi connectivity index (χ0n) is 12.2. The van der Waals surface area contributed by atoms with Crippen LogP contribution in [0.4, 0.5) is 0 Å². The van der Waals surface area contributed by atoms with Gasteiger partial charge in [0.2, 0.25) is 0 Å². The van der Waals surface area contributed by atoms with E-state index in [0.717, 1.165) is 18.1 Å². The van der Waals surface area contributed by atoms with E-state index >= 15 is 0 Å². The van der Waals surface area contributed by atoms with Crippen LogP contribution in [-0.4, -0.2) is 20.2 Å². The molecule has 0 aliphatic carbocycles. The van der Waals surface area contributed by atoms with Crippen molar-refractivity contribution in [3.63, 3.8) is 0 Å². The fourth-order valence-corrected chi connectivity index (χ4v) is 2.45. The molecule has 0 heterocycles. The molecule has 0 saturated heterocycles. The average Bonchev–Trinajstić information content (AvgIpc) is 2.39. The highest BCUT2D eigenvalue weighted by Crippen LogP contribution is 2.17. The van der Waals surface area contributed by atoms with Crippen molar-refractivity contribution in [2.45, 2.75) is 45.6 Å². The van der Waals surface area contributed by atoms with Gasteiger partial charge in [-0.25, -0.2) is 0 Å². The average molecular weight is 249 g/mol. The van der Waals surface area contributed by atoms with E-state index in [1.807, 2.05) is 12.1 Å². The molecular formula is C16H27NO. The van der Waals surface area contributed by atoms with Gasteiger partial charge in [0.05, 0.1) is 7.11 Å². The molecule has 0 aliphatic rings. The summed E-state index contributed by atoms with van der Waals surface area (Å²) in [4.78, 5) is 0. The highest BCUT2D eigenvalue weighted by molar-refractivity contribution is 5.27. The van der Waals surface area contributed by atoms with Crippen molar-refractivity contribution in [3.8, 4) is 5.75 Å². The monoisotopic (exact) mass is 249 g/mol. The molecule has 2 nitrogen and oxygen atoms in total. The molecule has 0 saturated carbocycles. The number of hydrogen-bond acceptors (Lipinski definition) is 2. The van der Waals surface area contributed by atoms with Crippen LogP contribution < -0.4 is 10.1 Å². The van der Waals surface area contributed by atoms with E-state index in [0.29, 0.717) is 6.04 Å². The molecule has 102 valence electrons. The van der Waals surface area contributed by atoms with Crippen molar-refractivity contribution in [1.82, 2.24) is 5.32 Å². The van der Waals surface area contributed by atoms with Gasteiger partial charge in [0.15, 0.2) is 0 Å². The van der Waals surface area contributed by atoms with Crippen LogP contribution in [0.5, 0.6) is 5.75 Å². The lowest BCUT2D eigenvalue weighted by atomic mass is 9.93. The summed E-state index contributed by atoms with van der Waals surface area (Å²) >= 11 is 0. The van der Waals surface area contributed by atoms with Gasteiger partial charge < -0.3 is 10.1 Å². The zero-order valence-corrected chi connectivity index (χ0v) is 12.2. The quantitative estimate of drug-likeness (QED) is 0.759. The summed E-state index contributed by atoms with van der Waals surface area (Å²) < 4.78 is 5.18. The van der Waals surface area contributed by atoms with Gasteiger partial charge in [-0.3, -0.25) is 0 Å². The number of rotatable bonds is 8. The first kappa shape index (κ1) is 15.0. The van der Waals surface area contributed by atoms with Crippen molar-refractivity contribution in [1.29, 1.82) is 0 Å². The second kappa shape index (κ2) is 8.15. The molecule has 0 aromatic heterocycles. The molecule has 18 heavy (non-hydrogen) atoms. The molecule has 2 atom stereocenters. The number of nitrogens with one attached hydrogen (secondary N) is 1. The van der Waals surface area contributed by atoms with Gasteiger partial charge in [0.1, 0.15) is 5.75 Å². The molecule has 1 rings (SSSR count). The molecule has 1 aromatic rings. The summed E-state index contributed by atoms with van der Waals surface area (Å²) in [6.07, 6.45) is 4.94. The van der Waals surface area contributed by atoms with Crippen LogP contribution in [0.15, 0.2) is 24.3 Å². The van der Waals surface area contributed by atoms with Crippen molar-refractivity contribution in [2.24, 2.45) is 5.92 Å². The van der Waals surface area contributed by atoms with Crippen LogP contribution in [0.2, 0.25) is 0 Å². The molecule has 0 aliphatic heterocycles. The van der Waals surface area contributed by atoms with Crippen LogP contribution in [0.1, 0.15) is 38.7 Å². The van der Waals surface area contributed by atoms with E-state index in [4.69, 9.17) is 4.74 Å². The van der Waals surface area contributed by atoms with Crippen molar-refractivity contribution >= 4 is 0 Å². The van der Waals surface area contributed by atoms with Gasteiger partial charge in [0, 0.05) is 6.04 Å². The Morgan fingerprint density at radius 1 is 1.22 bits per heavy atom. The summed E-state index contributed by atoms with van der Waals surface area (Å²) in [6, 6.07) is 8.97. The molecule has 0 fully saturated rings. The van der Waals surface area contributed by atoms with Crippen LogP contribution in [-0.2, 0) is 6.42 Å². The van der Waals surface area contributed by atoms with Gasteiger partial charge >= 0.3 is 0 Å². The second-order valence-corrected chi connectivity index (χ2v) is 5.17. The van der Waals surface area contributed by atoms with E-state index in [1.165, 1.54) is 24.8 Å². The van der Waals surface area contributed by atoms with Gasteiger partial charge in [-0.1, -0.05) is 38.8 Å². The Kier molecular flexibility index (Phi) is 6.81. The molecule has 0 spiro atoms. The van der Waals surface area contributed by atoms with Crippen LogP contribution in [0.3, 0.4) is 0 Å². The molecule has 0 radical (unpaired) electrons. The minimum Gasteiger partial charge on any atom is -0.497 e. The fraction of sp³-hybridized carbons (Fsp3) is 0.625. The minimum absolute atomic E-state index is 0.569. The van der Waals surface area contributed by atoms with E-state index in [-0.39, 0.29) is 0 Å². The summed E-state index contributed by atoms with van der Waals surface area (Å²) in [5.41, 5.74) is 1.37. The largest absolute Gasteiger partial charge is 0.497 e. The Labute approximate surface area is 112 Å². The summed E-state index contributed by atoms with van der Waals surface area (Å²) in [5.74, 6) is 1.73. The van der Waals surface area contributed by atoms with Gasteiger partial charge in [-0.05, 0) is 43.5 Å². The minimum atomic E-state index is 0.569. The van der Waals surface area contributed by atoms with Crippen LogP contribution in [0.25, 0.3) is 0 Å². The van der Waals surface area contributed by atoms with Crippen LogP contribution >= 0.6 is 0 Å². The third kappa shape index (κ3) is 5.09. The first-order valence-electron chi connectivity index (χ1n) is 6.99. The predicted octanol–water partition coefficient (Wildman–Crippen LogP) is 3.65. The fourth-order valence-electron chi connectivity index (χ4n) is 2.45. The maximum absolute atomic E-state index is 5.18. The van der Waals surface area contributed by atoms with E-state index in [9.17, 15) is 0 Å². The lowest BCUT2D eigenvalue weighted by Crippen LogP contribution is -2.29. The first-order valence-corrected chi connectivity index (χ1v) is 6.99. The first-order chi connectivity index (χ1) is 8.69. The van der Waals surface area contributed by atoms with E-state index in [2.05, 4.69) is 38.3 Å². The number of benzene rings is 1. The van der Waals surface area contributed by atoms with Crippen molar-refractivity contribution in [2.75, 3.05) is 14.2 Å². The highest BCUT2D eigenvalue weighted by Gasteiger charge is 2.11. The maximum Gasteiger partial charge on any atom is 0.118 e. The molecule has 0 amide bonds. The SMILES string of the molecule is CCCC(C)CC(Cc1ccc(OC)cc1)NC. The summed E-state index contributed by atoms with van der Waals surface area (Å²) in [5, 5.41) is 3.44. The molecule has 1 aromatic carbocycles. The topological polar surface area (TPSA) is 21.3 Å². The number of ether oxygens (including phenoxy) is 1. The Morgan fingerprint density at radius 3 is 2.39 bits per heavy atom. The van der Waals surface area contributed by atoms with E-state index in [1.54, 1.807) is 7.11 Å².